The van der Waals surface area contributed by atoms with E-state index in [1.165, 1.54) is 10.8 Å². The molecule has 1 heterocycles. The van der Waals surface area contributed by atoms with Crippen molar-refractivity contribution in [1.29, 1.82) is 0 Å². The quantitative estimate of drug-likeness (QED) is 0.918. The number of rotatable bonds is 2. The average Bonchev–Trinajstić information content (AvgIpc) is 2.53. The third-order valence-corrected chi connectivity index (χ3v) is 4.43. The number of carbonyl (C=O) groups is 1. The Morgan fingerprint density at radius 2 is 2.00 bits per heavy atom. The van der Waals surface area contributed by atoms with Gasteiger partial charge in [0, 0.05) is 25.7 Å². The Balaban J connectivity index is 1.85. The largest absolute Gasteiger partial charge is 0.337 e. The highest BCUT2D eigenvalue weighted by molar-refractivity contribution is 5.87. The lowest BCUT2D eigenvalue weighted by Gasteiger charge is -2.35. The normalized spacial score (nSPS) is 20.5. The number of carbonyl (C=O) groups excluding carboxylic acids is 1. The van der Waals surface area contributed by atoms with E-state index < -0.39 is 0 Å². The van der Waals surface area contributed by atoms with Crippen molar-refractivity contribution >= 4 is 16.7 Å². The highest BCUT2D eigenvalue weighted by Gasteiger charge is 2.27. The molecule has 1 fully saturated rings. The first-order valence-corrected chi connectivity index (χ1v) is 7.66. The summed E-state index contributed by atoms with van der Waals surface area (Å²) in [5, 5.41) is 5.74. The fraction of sp³-hybridized carbons (Fsp3) is 0.389. The van der Waals surface area contributed by atoms with Gasteiger partial charge in [-0.15, -0.1) is 0 Å². The number of hydrogen-bond donors (Lipinski definition) is 1. The molecule has 2 aromatic carbocycles. The van der Waals surface area contributed by atoms with Crippen LogP contribution in [0.2, 0.25) is 0 Å². The highest BCUT2D eigenvalue weighted by atomic mass is 16.2. The lowest BCUT2D eigenvalue weighted by Crippen LogP contribution is -2.53. The molecule has 0 aliphatic carbocycles. The molecule has 0 aromatic heterocycles. The monoisotopic (exact) mass is 282 g/mol. The van der Waals surface area contributed by atoms with Gasteiger partial charge in [0.25, 0.3) is 0 Å². The number of nitrogens with zero attached hydrogens (tertiary/aromatic N) is 1. The van der Waals surface area contributed by atoms with Crippen molar-refractivity contribution in [3.63, 3.8) is 0 Å². The Labute approximate surface area is 125 Å². The zero-order valence-electron chi connectivity index (χ0n) is 12.7. The van der Waals surface area contributed by atoms with Gasteiger partial charge < -0.3 is 10.2 Å². The van der Waals surface area contributed by atoms with Crippen molar-refractivity contribution in [2.45, 2.75) is 25.8 Å². The van der Waals surface area contributed by atoms with Gasteiger partial charge in [-0.1, -0.05) is 42.5 Å². The lowest BCUT2D eigenvalue weighted by molar-refractivity contribution is -0.135. The van der Waals surface area contributed by atoms with Crippen molar-refractivity contribution in [3.05, 3.63) is 48.0 Å². The van der Waals surface area contributed by atoms with Gasteiger partial charge in [-0.3, -0.25) is 4.79 Å². The summed E-state index contributed by atoms with van der Waals surface area (Å²) in [4.78, 5) is 14.8. The second-order valence-corrected chi connectivity index (χ2v) is 5.91. The first-order valence-electron chi connectivity index (χ1n) is 7.66. The molecule has 3 rings (SSSR count). The van der Waals surface area contributed by atoms with Crippen LogP contribution in [-0.2, 0) is 4.79 Å². The molecule has 0 saturated carbocycles. The van der Waals surface area contributed by atoms with E-state index in [2.05, 4.69) is 42.6 Å². The van der Waals surface area contributed by atoms with Crippen LogP contribution in [-0.4, -0.2) is 36.5 Å². The average molecular weight is 282 g/mol. The predicted octanol–water partition coefficient (Wildman–Crippen LogP) is 2.76. The second-order valence-electron chi connectivity index (χ2n) is 5.91. The van der Waals surface area contributed by atoms with Crippen LogP contribution in [0.3, 0.4) is 0 Å². The molecule has 3 nitrogen and oxygen atoms in total. The number of amides is 1. The SMILES string of the molecule is CC(C(=O)N1CCNC[C@H]1C)c1ccc2ccccc2c1. The Kier molecular flexibility index (Phi) is 3.93. The van der Waals surface area contributed by atoms with Crippen LogP contribution < -0.4 is 5.32 Å². The Hall–Kier alpha value is -1.87. The predicted molar refractivity (Wildman–Crippen MR) is 86.4 cm³/mol. The third kappa shape index (κ3) is 2.79. The first-order chi connectivity index (χ1) is 10.2. The third-order valence-electron chi connectivity index (χ3n) is 4.43. The van der Waals surface area contributed by atoms with Gasteiger partial charge in [0.05, 0.1) is 5.92 Å². The molecule has 0 radical (unpaired) electrons. The molecule has 1 saturated heterocycles. The summed E-state index contributed by atoms with van der Waals surface area (Å²) in [5.74, 6) is 0.148. The summed E-state index contributed by atoms with van der Waals surface area (Å²) < 4.78 is 0. The van der Waals surface area contributed by atoms with Crippen LogP contribution in [0.5, 0.6) is 0 Å². The molecule has 1 amide bonds. The van der Waals surface area contributed by atoms with Gasteiger partial charge in [0.2, 0.25) is 5.91 Å². The number of nitrogens with one attached hydrogen (secondary N) is 1. The molecule has 0 spiro atoms. The van der Waals surface area contributed by atoms with E-state index >= 15 is 0 Å². The van der Waals surface area contributed by atoms with Crippen LogP contribution in [0.4, 0.5) is 0 Å². The van der Waals surface area contributed by atoms with E-state index in [9.17, 15) is 4.79 Å². The zero-order valence-corrected chi connectivity index (χ0v) is 12.7. The van der Waals surface area contributed by atoms with Crippen molar-refractivity contribution in [1.82, 2.24) is 10.2 Å². The minimum atomic E-state index is -0.0878. The first kappa shape index (κ1) is 14.1. The van der Waals surface area contributed by atoms with E-state index in [4.69, 9.17) is 0 Å². The van der Waals surface area contributed by atoms with Gasteiger partial charge in [-0.25, -0.2) is 0 Å². The molecule has 1 N–H and O–H groups in total. The second kappa shape index (κ2) is 5.86. The van der Waals surface area contributed by atoms with Crippen molar-refractivity contribution in [2.75, 3.05) is 19.6 Å². The van der Waals surface area contributed by atoms with Crippen LogP contribution in [0, 0.1) is 0 Å². The maximum absolute atomic E-state index is 12.7. The van der Waals surface area contributed by atoms with Crippen molar-refractivity contribution in [2.24, 2.45) is 0 Å². The molecule has 0 bridgehead atoms. The molecule has 21 heavy (non-hydrogen) atoms. The van der Waals surface area contributed by atoms with E-state index in [1.807, 2.05) is 24.0 Å². The van der Waals surface area contributed by atoms with Crippen molar-refractivity contribution < 1.29 is 4.79 Å². The Bertz CT molecular complexity index is 652. The maximum Gasteiger partial charge on any atom is 0.230 e. The number of hydrogen-bond acceptors (Lipinski definition) is 2. The van der Waals surface area contributed by atoms with Gasteiger partial charge in [0.1, 0.15) is 0 Å². The molecule has 2 atom stereocenters. The fourth-order valence-electron chi connectivity index (χ4n) is 3.04. The summed E-state index contributed by atoms with van der Waals surface area (Å²) >= 11 is 0. The molecular formula is C18H22N2O. The smallest absolute Gasteiger partial charge is 0.230 e. The van der Waals surface area contributed by atoms with Crippen LogP contribution in [0.25, 0.3) is 10.8 Å². The topological polar surface area (TPSA) is 32.3 Å². The van der Waals surface area contributed by atoms with Crippen LogP contribution in [0.1, 0.15) is 25.3 Å². The fourth-order valence-corrected chi connectivity index (χ4v) is 3.04. The van der Waals surface area contributed by atoms with E-state index in [0.29, 0.717) is 0 Å². The number of piperazine rings is 1. The molecule has 1 aliphatic heterocycles. The highest BCUT2D eigenvalue weighted by Crippen LogP contribution is 2.24. The standard InChI is InChI=1S/C18H22N2O/c1-13-12-19-9-10-20(13)18(21)14(2)16-8-7-15-5-3-4-6-17(15)11-16/h3-8,11,13-14,19H,9-10,12H2,1-2H3/t13-,14?/m1/s1. The Morgan fingerprint density at radius 3 is 2.76 bits per heavy atom. The lowest BCUT2D eigenvalue weighted by atomic mass is 9.96. The van der Waals surface area contributed by atoms with Gasteiger partial charge in [-0.2, -0.15) is 0 Å². The molecule has 1 aliphatic rings. The van der Waals surface area contributed by atoms with Crippen LogP contribution in [0.15, 0.2) is 42.5 Å². The van der Waals surface area contributed by atoms with Gasteiger partial charge in [0.15, 0.2) is 0 Å². The number of fused-ring (bicyclic) bond motifs is 1. The molecule has 2 aromatic rings. The number of benzene rings is 2. The van der Waals surface area contributed by atoms with Crippen LogP contribution >= 0.6 is 0 Å². The minimum Gasteiger partial charge on any atom is -0.337 e. The van der Waals surface area contributed by atoms with E-state index in [0.717, 1.165) is 25.2 Å². The summed E-state index contributed by atoms with van der Waals surface area (Å²) in [7, 11) is 0. The summed E-state index contributed by atoms with van der Waals surface area (Å²) in [6.45, 7) is 6.70. The molecule has 110 valence electrons. The van der Waals surface area contributed by atoms with Crippen molar-refractivity contribution in [3.8, 4) is 0 Å². The zero-order chi connectivity index (χ0) is 14.8. The van der Waals surface area contributed by atoms with Gasteiger partial charge >= 0.3 is 0 Å². The molecular weight excluding hydrogens is 260 g/mol. The molecule has 1 unspecified atom stereocenters. The summed E-state index contributed by atoms with van der Waals surface area (Å²) in [5.41, 5.74) is 1.10. The van der Waals surface area contributed by atoms with E-state index in [-0.39, 0.29) is 17.9 Å². The maximum atomic E-state index is 12.7. The van der Waals surface area contributed by atoms with E-state index in [1.54, 1.807) is 0 Å². The minimum absolute atomic E-state index is 0.0878. The molecule has 3 heteroatoms. The summed E-state index contributed by atoms with van der Waals surface area (Å²) in [6, 6.07) is 14.9. The Morgan fingerprint density at radius 1 is 1.24 bits per heavy atom. The van der Waals surface area contributed by atoms with Gasteiger partial charge in [-0.05, 0) is 30.2 Å². The summed E-state index contributed by atoms with van der Waals surface area (Å²) in [6.07, 6.45) is 0.